The zero-order chi connectivity index (χ0) is 11.7. The number of aryl methyl sites for hydroxylation is 2. The predicted octanol–water partition coefficient (Wildman–Crippen LogP) is 1.18. The second kappa shape index (κ2) is 3.92. The number of aromatic amines is 1. The molecule has 5 heteroatoms. The van der Waals surface area contributed by atoms with Gasteiger partial charge in [-0.25, -0.2) is 4.98 Å². The normalized spacial score (nSPS) is 10.9. The van der Waals surface area contributed by atoms with Crippen LogP contribution in [0.1, 0.15) is 35.6 Å². The van der Waals surface area contributed by atoms with Gasteiger partial charge in [0, 0.05) is 0 Å². The molecule has 0 saturated heterocycles. The highest BCUT2D eigenvalue weighted by Gasteiger charge is 2.17. The van der Waals surface area contributed by atoms with Crippen molar-refractivity contribution in [2.24, 2.45) is 5.73 Å². The summed E-state index contributed by atoms with van der Waals surface area (Å²) >= 11 is 0. The van der Waals surface area contributed by atoms with Gasteiger partial charge in [0.25, 0.3) is 5.91 Å². The first-order valence-electron chi connectivity index (χ1n) is 5.33. The number of aromatic nitrogens is 3. The van der Waals surface area contributed by atoms with Crippen molar-refractivity contribution in [3.8, 4) is 0 Å². The summed E-state index contributed by atoms with van der Waals surface area (Å²) in [6.07, 6.45) is 3.03. The van der Waals surface area contributed by atoms with E-state index >= 15 is 0 Å². The van der Waals surface area contributed by atoms with Crippen LogP contribution in [0.25, 0.3) is 11.0 Å². The van der Waals surface area contributed by atoms with Gasteiger partial charge in [0.15, 0.2) is 0 Å². The molecule has 0 aromatic carbocycles. The van der Waals surface area contributed by atoms with Gasteiger partial charge in [0.2, 0.25) is 0 Å². The molecule has 0 aliphatic rings. The number of primary amides is 1. The summed E-state index contributed by atoms with van der Waals surface area (Å²) < 4.78 is 0. The zero-order valence-corrected chi connectivity index (χ0v) is 9.37. The number of nitrogens with zero attached hydrogens (tertiary/aromatic N) is 2. The van der Waals surface area contributed by atoms with Gasteiger partial charge in [-0.05, 0) is 12.8 Å². The summed E-state index contributed by atoms with van der Waals surface area (Å²) in [4.78, 5) is 23.0. The molecule has 0 fully saturated rings. The quantitative estimate of drug-likeness (QED) is 0.811. The average Bonchev–Trinajstić information content (AvgIpc) is 2.74. The first-order chi connectivity index (χ1) is 7.69. The Morgan fingerprint density at radius 2 is 2.06 bits per heavy atom. The third-order valence-corrected chi connectivity index (χ3v) is 2.64. The van der Waals surface area contributed by atoms with Gasteiger partial charge in [-0.1, -0.05) is 13.8 Å². The molecule has 0 bridgehead atoms. The summed E-state index contributed by atoms with van der Waals surface area (Å²) in [5.41, 5.74) is 8.93. The number of hydrogen-bond donors (Lipinski definition) is 2. The van der Waals surface area contributed by atoms with Crippen molar-refractivity contribution in [3.63, 3.8) is 0 Å². The third-order valence-electron chi connectivity index (χ3n) is 2.64. The summed E-state index contributed by atoms with van der Waals surface area (Å²) in [6, 6.07) is 0. The van der Waals surface area contributed by atoms with Crippen LogP contribution in [0.15, 0.2) is 6.33 Å². The van der Waals surface area contributed by atoms with E-state index in [9.17, 15) is 4.79 Å². The molecule has 2 rings (SSSR count). The van der Waals surface area contributed by atoms with Gasteiger partial charge in [0.1, 0.15) is 5.52 Å². The standard InChI is InChI=1S/C11H14N4O/c1-3-6-8(11(12)16)10-9(13-5-14-10)7(4-2)15-6/h5H,3-4H2,1-2H3,(H2,12,16)(H,13,14). The molecule has 0 radical (unpaired) electrons. The SMILES string of the molecule is CCc1nc(CC)c2nc[nH]c2c1C(N)=O. The number of hydrogen-bond acceptors (Lipinski definition) is 3. The Labute approximate surface area is 93.1 Å². The first-order valence-corrected chi connectivity index (χ1v) is 5.33. The van der Waals surface area contributed by atoms with Gasteiger partial charge in [-0.2, -0.15) is 0 Å². The Bertz CT molecular complexity index is 544. The van der Waals surface area contributed by atoms with Crippen molar-refractivity contribution in [2.75, 3.05) is 0 Å². The maximum absolute atomic E-state index is 11.4. The second-order valence-electron chi connectivity index (χ2n) is 3.58. The van der Waals surface area contributed by atoms with Crippen LogP contribution in [-0.2, 0) is 12.8 Å². The highest BCUT2D eigenvalue weighted by Crippen LogP contribution is 2.21. The zero-order valence-electron chi connectivity index (χ0n) is 9.37. The number of carbonyl (C=O) groups is 1. The predicted molar refractivity (Wildman–Crippen MR) is 61.2 cm³/mol. The summed E-state index contributed by atoms with van der Waals surface area (Å²) in [6.45, 7) is 3.97. The lowest BCUT2D eigenvalue weighted by Gasteiger charge is -2.07. The van der Waals surface area contributed by atoms with Crippen molar-refractivity contribution in [1.82, 2.24) is 15.0 Å². The summed E-state index contributed by atoms with van der Waals surface area (Å²) in [5, 5.41) is 0. The molecular formula is C11H14N4O. The fourth-order valence-corrected chi connectivity index (χ4v) is 1.89. The van der Waals surface area contributed by atoms with Crippen molar-refractivity contribution in [3.05, 3.63) is 23.3 Å². The summed E-state index contributed by atoms with van der Waals surface area (Å²) in [5.74, 6) is -0.457. The molecule has 1 amide bonds. The molecule has 5 nitrogen and oxygen atoms in total. The molecule has 16 heavy (non-hydrogen) atoms. The number of H-pyrrole nitrogens is 1. The van der Waals surface area contributed by atoms with Gasteiger partial charge >= 0.3 is 0 Å². The van der Waals surface area contributed by atoms with Crippen LogP contribution in [0, 0.1) is 0 Å². The lowest BCUT2D eigenvalue weighted by molar-refractivity contribution is 0.100. The number of nitrogens with one attached hydrogen (secondary N) is 1. The van der Waals surface area contributed by atoms with Crippen LogP contribution >= 0.6 is 0 Å². The Morgan fingerprint density at radius 3 is 2.62 bits per heavy atom. The Morgan fingerprint density at radius 1 is 1.38 bits per heavy atom. The number of rotatable bonds is 3. The van der Waals surface area contributed by atoms with Crippen LogP contribution in [0.2, 0.25) is 0 Å². The fourth-order valence-electron chi connectivity index (χ4n) is 1.89. The van der Waals surface area contributed by atoms with E-state index in [2.05, 4.69) is 15.0 Å². The van der Waals surface area contributed by atoms with Crippen LogP contribution in [0.4, 0.5) is 0 Å². The molecule has 2 aromatic rings. The lowest BCUT2D eigenvalue weighted by atomic mass is 10.1. The average molecular weight is 218 g/mol. The second-order valence-corrected chi connectivity index (χ2v) is 3.58. The van der Waals surface area contributed by atoms with Crippen molar-refractivity contribution < 1.29 is 4.79 Å². The molecule has 0 unspecified atom stereocenters. The van der Waals surface area contributed by atoms with Gasteiger partial charge < -0.3 is 10.7 Å². The Balaban J connectivity index is 2.85. The molecular weight excluding hydrogens is 204 g/mol. The van der Waals surface area contributed by atoms with Gasteiger partial charge in [-0.15, -0.1) is 0 Å². The minimum absolute atomic E-state index is 0.457. The largest absolute Gasteiger partial charge is 0.365 e. The van der Waals surface area contributed by atoms with Crippen molar-refractivity contribution in [1.29, 1.82) is 0 Å². The van der Waals surface area contributed by atoms with Crippen molar-refractivity contribution >= 4 is 16.9 Å². The molecule has 84 valence electrons. The van der Waals surface area contributed by atoms with Crippen LogP contribution in [0.5, 0.6) is 0 Å². The number of imidazole rings is 1. The highest BCUT2D eigenvalue weighted by atomic mass is 16.1. The molecule has 2 aromatic heterocycles. The number of carbonyl (C=O) groups excluding carboxylic acids is 1. The van der Waals surface area contributed by atoms with Crippen LogP contribution in [0.3, 0.4) is 0 Å². The Kier molecular flexibility index (Phi) is 2.60. The monoisotopic (exact) mass is 218 g/mol. The van der Waals surface area contributed by atoms with E-state index < -0.39 is 5.91 Å². The minimum Gasteiger partial charge on any atom is -0.365 e. The topological polar surface area (TPSA) is 84.7 Å². The molecule has 3 N–H and O–H groups in total. The molecule has 0 saturated carbocycles. The summed E-state index contributed by atoms with van der Waals surface area (Å²) in [7, 11) is 0. The molecule has 0 atom stereocenters. The van der Waals surface area contributed by atoms with E-state index in [0.29, 0.717) is 17.5 Å². The number of amides is 1. The molecule has 0 spiro atoms. The van der Waals surface area contributed by atoms with Gasteiger partial charge in [-0.3, -0.25) is 9.78 Å². The van der Waals surface area contributed by atoms with Crippen molar-refractivity contribution in [2.45, 2.75) is 26.7 Å². The van der Waals surface area contributed by atoms with Gasteiger partial charge in [0.05, 0.1) is 28.8 Å². The van der Waals surface area contributed by atoms with E-state index in [1.54, 1.807) is 6.33 Å². The van der Waals surface area contributed by atoms with E-state index in [0.717, 1.165) is 23.3 Å². The number of nitrogens with two attached hydrogens (primary N) is 1. The van der Waals surface area contributed by atoms with E-state index in [1.807, 2.05) is 13.8 Å². The maximum Gasteiger partial charge on any atom is 0.252 e. The molecule has 0 aliphatic heterocycles. The Hall–Kier alpha value is -1.91. The number of fused-ring (bicyclic) bond motifs is 1. The van der Waals surface area contributed by atoms with E-state index in [1.165, 1.54) is 0 Å². The van der Waals surface area contributed by atoms with E-state index in [-0.39, 0.29) is 0 Å². The smallest absolute Gasteiger partial charge is 0.252 e. The minimum atomic E-state index is -0.457. The maximum atomic E-state index is 11.4. The van der Waals surface area contributed by atoms with Crippen LogP contribution in [-0.4, -0.2) is 20.9 Å². The lowest BCUT2D eigenvalue weighted by Crippen LogP contribution is -2.16. The molecule has 0 aliphatic carbocycles. The fraction of sp³-hybridized carbons (Fsp3) is 0.364. The first kappa shape index (κ1) is 10.6. The van der Waals surface area contributed by atoms with Crippen LogP contribution < -0.4 is 5.73 Å². The highest BCUT2D eigenvalue weighted by molar-refractivity contribution is 6.05. The third kappa shape index (κ3) is 1.44. The van der Waals surface area contributed by atoms with E-state index in [4.69, 9.17) is 5.73 Å². The number of pyridine rings is 1. The molecule has 2 heterocycles.